The zero-order valence-corrected chi connectivity index (χ0v) is 14.2. The normalized spacial score (nSPS) is 12.4. The van der Waals surface area contributed by atoms with Crippen LogP contribution < -0.4 is 0 Å². The summed E-state index contributed by atoms with van der Waals surface area (Å²) in [6, 6.07) is 9.15. The number of benzene rings is 1. The van der Waals surface area contributed by atoms with E-state index in [-0.39, 0.29) is 10.1 Å². The Balaban J connectivity index is 2.27. The third-order valence-electron chi connectivity index (χ3n) is 2.86. The standard InChI is InChI=1S/C15H13F3N2O2S2/c1-22-19-9-12-13(10-5-3-2-4-6-10)20-15(23-12)24(21)8-7-11(16)14(17)18/h2-6,9H,7-8H2,1H3/b19-9+. The van der Waals surface area contributed by atoms with Crippen LogP contribution in [0.15, 0.2) is 51.7 Å². The minimum Gasteiger partial charge on any atom is -0.610 e. The first-order valence-corrected chi connectivity index (χ1v) is 8.87. The van der Waals surface area contributed by atoms with Crippen LogP contribution in [0.3, 0.4) is 0 Å². The Morgan fingerprint density at radius 2 is 2.04 bits per heavy atom. The van der Waals surface area contributed by atoms with Gasteiger partial charge in [-0.1, -0.05) is 46.8 Å². The van der Waals surface area contributed by atoms with E-state index in [1.807, 2.05) is 30.3 Å². The van der Waals surface area contributed by atoms with E-state index in [1.54, 1.807) is 0 Å². The average Bonchev–Trinajstić information content (AvgIpc) is 3.02. The van der Waals surface area contributed by atoms with Gasteiger partial charge >= 0.3 is 10.4 Å². The van der Waals surface area contributed by atoms with Crippen LogP contribution in [0.25, 0.3) is 11.3 Å². The van der Waals surface area contributed by atoms with Crippen molar-refractivity contribution in [3.63, 3.8) is 0 Å². The molecule has 0 bridgehead atoms. The van der Waals surface area contributed by atoms with Gasteiger partial charge in [0.15, 0.2) is 5.83 Å². The van der Waals surface area contributed by atoms with Crippen LogP contribution in [-0.2, 0) is 16.0 Å². The number of thiazole rings is 1. The first-order valence-electron chi connectivity index (χ1n) is 6.73. The number of aromatic nitrogens is 1. The summed E-state index contributed by atoms with van der Waals surface area (Å²) < 4.78 is 49.4. The SMILES string of the molecule is CO/N=C/c1sc([S+]([O-])CCC(F)=C(F)F)nc1-c1ccccc1. The Morgan fingerprint density at radius 1 is 1.33 bits per heavy atom. The van der Waals surface area contributed by atoms with E-state index < -0.39 is 29.5 Å². The molecular weight excluding hydrogens is 361 g/mol. The molecule has 0 aliphatic heterocycles. The highest BCUT2D eigenvalue weighted by molar-refractivity contribution is 7.93. The van der Waals surface area contributed by atoms with Gasteiger partial charge in [0, 0.05) is 16.7 Å². The van der Waals surface area contributed by atoms with Gasteiger partial charge in [-0.15, -0.1) is 0 Å². The van der Waals surface area contributed by atoms with E-state index >= 15 is 0 Å². The zero-order chi connectivity index (χ0) is 17.5. The summed E-state index contributed by atoms with van der Waals surface area (Å²) in [6.45, 7) is 0. The molecule has 0 saturated carbocycles. The Kier molecular flexibility index (Phi) is 6.83. The number of nitrogens with zero attached hydrogens (tertiary/aromatic N) is 2. The van der Waals surface area contributed by atoms with Crippen LogP contribution in [-0.4, -0.2) is 28.6 Å². The van der Waals surface area contributed by atoms with Crippen LogP contribution in [0.1, 0.15) is 11.3 Å². The molecule has 1 atom stereocenters. The summed E-state index contributed by atoms with van der Waals surface area (Å²) in [5, 5.41) is 3.68. The number of hydrogen-bond donors (Lipinski definition) is 0. The third kappa shape index (κ3) is 4.83. The van der Waals surface area contributed by atoms with Crippen molar-refractivity contribution in [2.24, 2.45) is 5.16 Å². The highest BCUT2D eigenvalue weighted by Gasteiger charge is 2.22. The van der Waals surface area contributed by atoms with Crippen LogP contribution >= 0.6 is 11.3 Å². The largest absolute Gasteiger partial charge is 0.610 e. The van der Waals surface area contributed by atoms with Crippen molar-refractivity contribution in [2.45, 2.75) is 10.8 Å². The van der Waals surface area contributed by atoms with Crippen molar-refractivity contribution in [3.05, 3.63) is 47.1 Å². The molecule has 1 aromatic carbocycles. The smallest absolute Gasteiger partial charge is 0.302 e. The fourth-order valence-corrected chi connectivity index (χ4v) is 4.07. The van der Waals surface area contributed by atoms with Gasteiger partial charge in [0.1, 0.15) is 12.9 Å². The second-order valence-electron chi connectivity index (χ2n) is 4.44. The molecule has 2 rings (SSSR count). The van der Waals surface area contributed by atoms with Gasteiger partial charge in [0.2, 0.25) is 0 Å². The average molecular weight is 374 g/mol. The topological polar surface area (TPSA) is 57.5 Å². The van der Waals surface area contributed by atoms with Crippen LogP contribution in [0.5, 0.6) is 0 Å². The first-order chi connectivity index (χ1) is 11.5. The van der Waals surface area contributed by atoms with Crippen LogP contribution in [0.2, 0.25) is 0 Å². The summed E-state index contributed by atoms with van der Waals surface area (Å²) in [7, 11) is 1.39. The lowest BCUT2D eigenvalue weighted by molar-refractivity contribution is 0.215. The molecule has 1 heterocycles. The molecule has 2 aromatic rings. The van der Waals surface area contributed by atoms with Crippen molar-refractivity contribution in [3.8, 4) is 11.3 Å². The minimum atomic E-state index is -2.39. The number of allylic oxidation sites excluding steroid dienone is 1. The Hall–Kier alpha value is -1.84. The van der Waals surface area contributed by atoms with Gasteiger partial charge in [0.25, 0.3) is 0 Å². The highest BCUT2D eigenvalue weighted by Crippen LogP contribution is 2.30. The van der Waals surface area contributed by atoms with E-state index in [1.165, 1.54) is 13.3 Å². The lowest BCUT2D eigenvalue weighted by Crippen LogP contribution is -2.07. The summed E-state index contributed by atoms with van der Waals surface area (Å²) in [4.78, 5) is 9.56. The fourth-order valence-electron chi connectivity index (χ4n) is 1.76. The summed E-state index contributed by atoms with van der Waals surface area (Å²) in [6.07, 6.45) is -1.55. The minimum absolute atomic E-state index is 0.221. The summed E-state index contributed by atoms with van der Waals surface area (Å²) in [5.74, 6) is -1.82. The summed E-state index contributed by atoms with van der Waals surface area (Å²) >= 11 is -0.596. The number of rotatable bonds is 7. The maximum Gasteiger partial charge on any atom is 0.302 e. The number of oxime groups is 1. The van der Waals surface area contributed by atoms with Gasteiger partial charge in [-0.2, -0.15) is 13.8 Å². The second kappa shape index (κ2) is 8.86. The maximum absolute atomic E-state index is 12.9. The first kappa shape index (κ1) is 18.5. The molecule has 1 unspecified atom stereocenters. The molecule has 128 valence electrons. The number of halogens is 3. The molecule has 4 nitrogen and oxygen atoms in total. The predicted molar refractivity (Wildman–Crippen MR) is 88.4 cm³/mol. The van der Waals surface area contributed by atoms with Crippen LogP contribution in [0, 0.1) is 0 Å². The van der Waals surface area contributed by atoms with Gasteiger partial charge in [-0.3, -0.25) is 0 Å². The molecule has 9 heteroatoms. The summed E-state index contributed by atoms with van der Waals surface area (Å²) in [5.41, 5.74) is 1.34. The zero-order valence-electron chi connectivity index (χ0n) is 12.5. The van der Waals surface area contributed by atoms with E-state index in [9.17, 15) is 17.7 Å². The Bertz CT molecular complexity index is 732. The van der Waals surface area contributed by atoms with Crippen molar-refractivity contribution >= 4 is 28.7 Å². The van der Waals surface area contributed by atoms with Crippen molar-refractivity contribution in [1.82, 2.24) is 4.98 Å². The van der Waals surface area contributed by atoms with Crippen molar-refractivity contribution in [2.75, 3.05) is 12.9 Å². The predicted octanol–water partition coefficient (Wildman–Crippen LogP) is 4.37. The van der Waals surface area contributed by atoms with Crippen molar-refractivity contribution < 1.29 is 22.6 Å². The van der Waals surface area contributed by atoms with Gasteiger partial charge in [-0.25, -0.2) is 4.39 Å². The van der Waals surface area contributed by atoms with E-state index in [2.05, 4.69) is 15.0 Å². The third-order valence-corrected chi connectivity index (χ3v) is 5.51. The van der Waals surface area contributed by atoms with Gasteiger partial charge < -0.3 is 9.39 Å². The Labute approximate surface area is 143 Å². The molecule has 0 aliphatic rings. The van der Waals surface area contributed by atoms with E-state index in [0.717, 1.165) is 16.9 Å². The molecule has 24 heavy (non-hydrogen) atoms. The molecule has 0 spiro atoms. The Morgan fingerprint density at radius 3 is 2.67 bits per heavy atom. The molecule has 0 saturated heterocycles. The fraction of sp³-hybridized carbons (Fsp3) is 0.200. The maximum atomic E-state index is 12.9. The number of hydrogen-bond acceptors (Lipinski definition) is 5. The molecule has 0 fully saturated rings. The molecule has 0 aliphatic carbocycles. The molecule has 0 amide bonds. The van der Waals surface area contributed by atoms with E-state index in [0.29, 0.717) is 10.6 Å². The monoisotopic (exact) mass is 374 g/mol. The quantitative estimate of drug-likeness (QED) is 0.411. The highest BCUT2D eigenvalue weighted by atomic mass is 32.2. The van der Waals surface area contributed by atoms with Crippen molar-refractivity contribution in [1.29, 1.82) is 0 Å². The van der Waals surface area contributed by atoms with Gasteiger partial charge in [-0.05, 0) is 0 Å². The van der Waals surface area contributed by atoms with E-state index in [4.69, 9.17) is 0 Å². The molecule has 0 N–H and O–H groups in total. The lowest BCUT2D eigenvalue weighted by Gasteiger charge is -2.05. The molecule has 0 radical (unpaired) electrons. The molecule has 1 aromatic heterocycles. The lowest BCUT2D eigenvalue weighted by atomic mass is 10.1. The van der Waals surface area contributed by atoms with Gasteiger partial charge in [0.05, 0.1) is 23.2 Å². The van der Waals surface area contributed by atoms with Crippen LogP contribution in [0.4, 0.5) is 13.2 Å². The second-order valence-corrected chi connectivity index (χ2v) is 7.22. The molecular formula is C15H13F3N2O2S2.